The summed E-state index contributed by atoms with van der Waals surface area (Å²) in [6.07, 6.45) is 2.15. The molecule has 8 heteroatoms. The minimum atomic E-state index is -0.474. The first-order chi connectivity index (χ1) is 19.1. The van der Waals surface area contributed by atoms with Crippen LogP contribution in [-0.2, 0) is 6.54 Å². The molecule has 1 saturated heterocycles. The van der Waals surface area contributed by atoms with E-state index >= 15 is 0 Å². The Morgan fingerprint density at radius 1 is 0.795 bits per heavy atom. The fourth-order valence-electron chi connectivity index (χ4n) is 5.13. The molecule has 2 aromatic heterocycles. The monoisotopic (exact) mass is 517 g/mol. The Labute approximate surface area is 225 Å². The van der Waals surface area contributed by atoms with Crippen LogP contribution in [0.25, 0.3) is 28.0 Å². The second kappa shape index (κ2) is 10.5. The topological polar surface area (TPSA) is 84.0 Å². The average Bonchev–Trinajstić information content (AvgIpc) is 3.35. The highest BCUT2D eigenvalue weighted by Crippen LogP contribution is 2.29. The van der Waals surface area contributed by atoms with Gasteiger partial charge < -0.3 is 9.30 Å². The van der Waals surface area contributed by atoms with Gasteiger partial charge in [0.05, 0.1) is 16.3 Å². The second-order valence-electron chi connectivity index (χ2n) is 9.66. The maximum Gasteiger partial charge on any atom is 0.270 e. The number of amides is 1. The van der Waals surface area contributed by atoms with Crippen molar-refractivity contribution in [3.05, 3.63) is 125 Å². The largest absolute Gasteiger partial charge is 0.336 e. The van der Waals surface area contributed by atoms with E-state index < -0.39 is 4.92 Å². The highest BCUT2D eigenvalue weighted by molar-refractivity contribution is 5.95. The maximum absolute atomic E-state index is 13.1. The van der Waals surface area contributed by atoms with Crippen molar-refractivity contribution in [1.82, 2.24) is 19.2 Å². The normalized spacial score (nSPS) is 14.0. The highest BCUT2D eigenvalue weighted by atomic mass is 16.6. The Bertz CT molecular complexity index is 1640. The van der Waals surface area contributed by atoms with E-state index in [9.17, 15) is 14.9 Å². The summed E-state index contributed by atoms with van der Waals surface area (Å²) < 4.78 is 2.19. The Hall–Kier alpha value is -4.82. The van der Waals surface area contributed by atoms with Crippen LogP contribution in [0.3, 0.4) is 0 Å². The number of aromatic nitrogens is 2. The molecule has 1 amide bonds. The first kappa shape index (κ1) is 24.5. The smallest absolute Gasteiger partial charge is 0.270 e. The molecule has 3 heterocycles. The van der Waals surface area contributed by atoms with Gasteiger partial charge in [-0.1, -0.05) is 66.7 Å². The number of non-ortho nitro benzene ring substituents is 1. The lowest BCUT2D eigenvalue weighted by Crippen LogP contribution is -2.48. The zero-order valence-corrected chi connectivity index (χ0v) is 21.3. The SMILES string of the molecule is O=C(c1cccc([N+](=O)[O-])c1)N1CCN(Cc2c(-c3ccccc3)nc3ccc(-c4ccccc4)cn23)CC1. The number of hydrogen-bond donors (Lipinski definition) is 0. The number of nitro benzene ring substituents is 1. The number of benzene rings is 3. The van der Waals surface area contributed by atoms with Crippen molar-refractivity contribution in [2.45, 2.75) is 6.54 Å². The summed E-state index contributed by atoms with van der Waals surface area (Å²) in [4.78, 5) is 32.8. The number of hydrogen-bond acceptors (Lipinski definition) is 5. The lowest BCUT2D eigenvalue weighted by Gasteiger charge is -2.34. The zero-order valence-electron chi connectivity index (χ0n) is 21.3. The van der Waals surface area contributed by atoms with Gasteiger partial charge in [-0.2, -0.15) is 0 Å². The average molecular weight is 518 g/mol. The molecular weight excluding hydrogens is 490 g/mol. The van der Waals surface area contributed by atoms with Gasteiger partial charge in [0.2, 0.25) is 0 Å². The molecule has 8 nitrogen and oxygen atoms in total. The predicted molar refractivity (Wildman–Crippen MR) is 150 cm³/mol. The third kappa shape index (κ3) is 5.02. The summed E-state index contributed by atoms with van der Waals surface area (Å²) in [5.41, 5.74) is 6.56. The lowest BCUT2D eigenvalue weighted by atomic mass is 10.1. The van der Waals surface area contributed by atoms with E-state index in [1.807, 2.05) is 36.4 Å². The van der Waals surface area contributed by atoms with Crippen molar-refractivity contribution in [1.29, 1.82) is 0 Å². The Balaban J connectivity index is 1.26. The maximum atomic E-state index is 13.1. The van der Waals surface area contributed by atoms with Gasteiger partial charge in [-0.05, 0) is 29.3 Å². The molecule has 0 radical (unpaired) electrons. The Morgan fingerprint density at radius 3 is 2.18 bits per heavy atom. The Kier molecular flexibility index (Phi) is 6.61. The molecule has 0 aliphatic carbocycles. The molecule has 194 valence electrons. The number of rotatable bonds is 6. The third-order valence-electron chi connectivity index (χ3n) is 7.21. The van der Waals surface area contributed by atoms with Crippen LogP contribution in [0.15, 0.2) is 103 Å². The lowest BCUT2D eigenvalue weighted by molar-refractivity contribution is -0.384. The fraction of sp³-hybridized carbons (Fsp3) is 0.161. The first-order valence-electron chi connectivity index (χ1n) is 12.9. The molecule has 0 N–H and O–H groups in total. The van der Waals surface area contributed by atoms with Crippen molar-refractivity contribution in [3.8, 4) is 22.4 Å². The van der Waals surface area contributed by atoms with Crippen LogP contribution >= 0.6 is 0 Å². The van der Waals surface area contributed by atoms with Gasteiger partial charge in [0.25, 0.3) is 11.6 Å². The zero-order chi connectivity index (χ0) is 26.8. The van der Waals surface area contributed by atoms with Crippen LogP contribution in [0.1, 0.15) is 16.1 Å². The number of piperazine rings is 1. The molecule has 0 bridgehead atoms. The summed E-state index contributed by atoms with van der Waals surface area (Å²) in [6, 6.07) is 30.6. The molecule has 0 unspecified atom stereocenters. The van der Waals surface area contributed by atoms with Crippen LogP contribution in [0.2, 0.25) is 0 Å². The van der Waals surface area contributed by atoms with Gasteiger partial charge in [0, 0.05) is 62.2 Å². The molecule has 0 atom stereocenters. The number of nitro groups is 1. The molecule has 1 fully saturated rings. The first-order valence-corrected chi connectivity index (χ1v) is 12.9. The molecule has 0 saturated carbocycles. The van der Waals surface area contributed by atoms with Crippen LogP contribution < -0.4 is 0 Å². The number of carbonyl (C=O) groups excluding carboxylic acids is 1. The van der Waals surface area contributed by atoms with E-state index in [-0.39, 0.29) is 11.6 Å². The van der Waals surface area contributed by atoms with Crippen LogP contribution in [-0.4, -0.2) is 56.2 Å². The number of carbonyl (C=O) groups is 1. The van der Waals surface area contributed by atoms with Crippen molar-refractivity contribution in [2.75, 3.05) is 26.2 Å². The van der Waals surface area contributed by atoms with Gasteiger partial charge in [-0.15, -0.1) is 0 Å². The molecule has 0 spiro atoms. The van der Waals surface area contributed by atoms with E-state index in [0.717, 1.165) is 33.7 Å². The van der Waals surface area contributed by atoms with Gasteiger partial charge in [-0.3, -0.25) is 19.8 Å². The van der Waals surface area contributed by atoms with Gasteiger partial charge >= 0.3 is 0 Å². The summed E-state index contributed by atoms with van der Waals surface area (Å²) in [6.45, 7) is 3.17. The molecule has 1 aliphatic rings. The summed E-state index contributed by atoms with van der Waals surface area (Å²) in [5, 5.41) is 11.1. The summed E-state index contributed by atoms with van der Waals surface area (Å²) in [7, 11) is 0. The fourth-order valence-corrected chi connectivity index (χ4v) is 5.13. The number of imidazole rings is 1. The van der Waals surface area contributed by atoms with Gasteiger partial charge in [0.1, 0.15) is 5.65 Å². The minimum Gasteiger partial charge on any atom is -0.336 e. The highest BCUT2D eigenvalue weighted by Gasteiger charge is 2.25. The predicted octanol–water partition coefficient (Wildman–Crippen LogP) is 5.53. The molecule has 1 aliphatic heterocycles. The van der Waals surface area contributed by atoms with E-state index in [2.05, 4.69) is 51.9 Å². The molecular formula is C31H27N5O3. The van der Waals surface area contributed by atoms with Crippen LogP contribution in [0.5, 0.6) is 0 Å². The summed E-state index contributed by atoms with van der Waals surface area (Å²) in [5.74, 6) is -0.175. The quantitative estimate of drug-likeness (QED) is 0.218. The third-order valence-corrected chi connectivity index (χ3v) is 7.21. The van der Waals surface area contributed by atoms with Gasteiger partial charge in [0.15, 0.2) is 0 Å². The van der Waals surface area contributed by atoms with Crippen LogP contribution in [0, 0.1) is 10.1 Å². The van der Waals surface area contributed by atoms with E-state index in [1.54, 1.807) is 17.0 Å². The summed E-state index contributed by atoms with van der Waals surface area (Å²) >= 11 is 0. The van der Waals surface area contributed by atoms with Crippen molar-refractivity contribution < 1.29 is 9.72 Å². The standard InChI is InChI=1S/C31H27N5O3/c37-31(25-12-7-13-27(20-25)36(38)39)34-18-16-33(17-19-34)22-28-30(24-10-5-2-6-11-24)32-29-15-14-26(21-35(28)29)23-8-3-1-4-9-23/h1-15,20-21H,16-19,22H2. The van der Waals surface area contributed by atoms with Crippen molar-refractivity contribution in [3.63, 3.8) is 0 Å². The molecule has 6 rings (SSSR count). The molecule has 39 heavy (non-hydrogen) atoms. The second-order valence-corrected chi connectivity index (χ2v) is 9.66. The molecule has 5 aromatic rings. The minimum absolute atomic E-state index is 0.0737. The van der Waals surface area contributed by atoms with E-state index in [1.165, 1.54) is 12.1 Å². The molecule has 3 aromatic carbocycles. The Morgan fingerprint density at radius 2 is 1.49 bits per heavy atom. The van der Waals surface area contributed by atoms with Gasteiger partial charge in [-0.25, -0.2) is 4.98 Å². The number of pyridine rings is 1. The van der Waals surface area contributed by atoms with E-state index in [0.29, 0.717) is 38.3 Å². The van der Waals surface area contributed by atoms with Crippen molar-refractivity contribution in [2.24, 2.45) is 0 Å². The number of nitrogens with zero attached hydrogens (tertiary/aromatic N) is 5. The van der Waals surface area contributed by atoms with E-state index in [4.69, 9.17) is 4.98 Å². The van der Waals surface area contributed by atoms with Crippen LogP contribution in [0.4, 0.5) is 5.69 Å². The van der Waals surface area contributed by atoms with Crippen molar-refractivity contribution >= 4 is 17.2 Å². The number of fused-ring (bicyclic) bond motifs is 1.